The Balaban J connectivity index is 1.66. The fourth-order valence-corrected chi connectivity index (χ4v) is 2.45. The van der Waals surface area contributed by atoms with E-state index in [1.807, 2.05) is 55.5 Å². The van der Waals surface area contributed by atoms with Crippen LogP contribution in [0.5, 0.6) is 11.5 Å². The fraction of sp³-hybridized carbons (Fsp3) is 0.150. The molecular weight excluding hydrogens is 344 g/mol. The standard InChI is InChI=1S/C20H20N4O3/c1-3-27-17-9-5-7-15(11-17)18-12-19(23-22-18)20(25)24-21-13-14-6-4-8-16(10-14)26-2/h4-13H,3H2,1-2H3,(H,22,23)(H,24,25). The van der Waals surface area contributed by atoms with Crippen molar-refractivity contribution >= 4 is 12.1 Å². The Kier molecular flexibility index (Phi) is 5.84. The minimum atomic E-state index is -0.381. The summed E-state index contributed by atoms with van der Waals surface area (Å²) in [5.74, 6) is 1.10. The highest BCUT2D eigenvalue weighted by molar-refractivity contribution is 5.94. The van der Waals surface area contributed by atoms with Gasteiger partial charge in [0.1, 0.15) is 17.2 Å². The third kappa shape index (κ3) is 4.72. The van der Waals surface area contributed by atoms with E-state index in [4.69, 9.17) is 9.47 Å². The first kappa shape index (κ1) is 18.2. The lowest BCUT2D eigenvalue weighted by atomic mass is 10.1. The van der Waals surface area contributed by atoms with Crippen LogP contribution < -0.4 is 14.9 Å². The largest absolute Gasteiger partial charge is 0.497 e. The van der Waals surface area contributed by atoms with Crippen LogP contribution in [0.25, 0.3) is 11.3 Å². The molecule has 2 aromatic carbocycles. The van der Waals surface area contributed by atoms with Gasteiger partial charge in [0.2, 0.25) is 0 Å². The zero-order chi connectivity index (χ0) is 19.1. The number of rotatable bonds is 7. The summed E-state index contributed by atoms with van der Waals surface area (Å²) in [5, 5.41) is 10.9. The number of carbonyl (C=O) groups is 1. The van der Waals surface area contributed by atoms with Crippen LogP contribution in [0.15, 0.2) is 59.7 Å². The average molecular weight is 364 g/mol. The minimum absolute atomic E-state index is 0.314. The highest BCUT2D eigenvalue weighted by atomic mass is 16.5. The van der Waals surface area contributed by atoms with Crippen LogP contribution in [-0.2, 0) is 0 Å². The molecule has 1 amide bonds. The number of hydrogen-bond acceptors (Lipinski definition) is 5. The van der Waals surface area contributed by atoms with Crippen LogP contribution in [0.4, 0.5) is 0 Å². The van der Waals surface area contributed by atoms with E-state index < -0.39 is 0 Å². The topological polar surface area (TPSA) is 88.6 Å². The first-order chi connectivity index (χ1) is 13.2. The van der Waals surface area contributed by atoms with E-state index in [1.54, 1.807) is 19.4 Å². The molecule has 1 aromatic heterocycles. The Morgan fingerprint density at radius 2 is 2.00 bits per heavy atom. The first-order valence-corrected chi connectivity index (χ1v) is 8.45. The third-order valence-electron chi connectivity index (χ3n) is 3.74. The van der Waals surface area contributed by atoms with Gasteiger partial charge in [-0.25, -0.2) is 5.43 Å². The van der Waals surface area contributed by atoms with Gasteiger partial charge in [-0.2, -0.15) is 10.2 Å². The van der Waals surface area contributed by atoms with E-state index in [1.165, 1.54) is 0 Å². The number of nitrogens with one attached hydrogen (secondary N) is 2. The van der Waals surface area contributed by atoms with E-state index in [9.17, 15) is 4.79 Å². The van der Waals surface area contributed by atoms with Crippen molar-refractivity contribution in [1.29, 1.82) is 0 Å². The number of H-pyrrole nitrogens is 1. The Bertz CT molecular complexity index is 950. The van der Waals surface area contributed by atoms with Crippen molar-refractivity contribution in [1.82, 2.24) is 15.6 Å². The van der Waals surface area contributed by atoms with Crippen LogP contribution in [0.2, 0.25) is 0 Å². The maximum Gasteiger partial charge on any atom is 0.289 e. The molecule has 0 saturated heterocycles. The van der Waals surface area contributed by atoms with Crippen LogP contribution in [0, 0.1) is 0 Å². The van der Waals surface area contributed by atoms with Gasteiger partial charge in [0.15, 0.2) is 0 Å². The summed E-state index contributed by atoms with van der Waals surface area (Å²) in [6.45, 7) is 2.51. The SMILES string of the molecule is CCOc1cccc(-c2cc(C(=O)NN=Cc3cccc(OC)c3)[nH]n2)c1. The second-order valence-electron chi connectivity index (χ2n) is 5.60. The molecule has 7 nitrogen and oxygen atoms in total. The number of aromatic nitrogens is 2. The molecule has 27 heavy (non-hydrogen) atoms. The summed E-state index contributed by atoms with van der Waals surface area (Å²) in [5.41, 5.74) is 5.11. The molecule has 0 saturated carbocycles. The van der Waals surface area contributed by atoms with Gasteiger partial charge in [-0.3, -0.25) is 9.89 Å². The van der Waals surface area contributed by atoms with Crippen molar-refractivity contribution in [2.45, 2.75) is 6.92 Å². The van der Waals surface area contributed by atoms with Crippen LogP contribution in [-0.4, -0.2) is 36.0 Å². The Hall–Kier alpha value is -3.61. The molecule has 138 valence electrons. The zero-order valence-corrected chi connectivity index (χ0v) is 15.1. The summed E-state index contributed by atoms with van der Waals surface area (Å²) >= 11 is 0. The molecule has 0 unspecified atom stereocenters. The first-order valence-electron chi connectivity index (χ1n) is 8.45. The van der Waals surface area contributed by atoms with E-state index in [-0.39, 0.29) is 5.91 Å². The number of ether oxygens (including phenoxy) is 2. The maximum absolute atomic E-state index is 12.2. The average Bonchev–Trinajstić information content (AvgIpc) is 3.19. The van der Waals surface area contributed by atoms with E-state index >= 15 is 0 Å². The minimum Gasteiger partial charge on any atom is -0.497 e. The van der Waals surface area contributed by atoms with Crippen molar-refractivity contribution < 1.29 is 14.3 Å². The van der Waals surface area contributed by atoms with Gasteiger partial charge in [-0.1, -0.05) is 24.3 Å². The number of hydrogen-bond donors (Lipinski definition) is 2. The van der Waals surface area contributed by atoms with Crippen molar-refractivity contribution in [2.24, 2.45) is 5.10 Å². The van der Waals surface area contributed by atoms with Gasteiger partial charge in [0, 0.05) is 5.56 Å². The zero-order valence-electron chi connectivity index (χ0n) is 15.1. The molecule has 1 heterocycles. The lowest BCUT2D eigenvalue weighted by Gasteiger charge is -2.03. The summed E-state index contributed by atoms with van der Waals surface area (Å²) in [7, 11) is 1.60. The molecule has 7 heteroatoms. The Morgan fingerprint density at radius 3 is 2.81 bits per heavy atom. The molecule has 2 N–H and O–H groups in total. The van der Waals surface area contributed by atoms with Gasteiger partial charge in [-0.05, 0) is 42.8 Å². The molecule has 3 rings (SSSR count). The monoisotopic (exact) mass is 364 g/mol. The van der Waals surface area contributed by atoms with Gasteiger partial charge >= 0.3 is 0 Å². The summed E-state index contributed by atoms with van der Waals surface area (Å²) < 4.78 is 10.6. The molecule has 0 aliphatic rings. The lowest BCUT2D eigenvalue weighted by Crippen LogP contribution is -2.18. The molecule has 0 spiro atoms. The van der Waals surface area contributed by atoms with Crippen molar-refractivity contribution in [3.05, 3.63) is 65.9 Å². The number of benzene rings is 2. The predicted octanol–water partition coefficient (Wildman–Crippen LogP) is 3.25. The highest BCUT2D eigenvalue weighted by Gasteiger charge is 2.11. The smallest absolute Gasteiger partial charge is 0.289 e. The number of amides is 1. The third-order valence-corrected chi connectivity index (χ3v) is 3.74. The molecular formula is C20H20N4O3. The normalized spacial score (nSPS) is 10.7. The molecule has 0 radical (unpaired) electrons. The molecule has 0 aliphatic carbocycles. The van der Waals surface area contributed by atoms with Crippen molar-refractivity contribution in [3.63, 3.8) is 0 Å². The van der Waals surface area contributed by atoms with E-state index in [0.29, 0.717) is 18.0 Å². The quantitative estimate of drug-likeness (QED) is 0.497. The molecule has 0 aliphatic heterocycles. The second-order valence-corrected chi connectivity index (χ2v) is 5.60. The van der Waals surface area contributed by atoms with E-state index in [0.717, 1.165) is 22.6 Å². The fourth-order valence-electron chi connectivity index (χ4n) is 2.45. The van der Waals surface area contributed by atoms with Crippen LogP contribution in [0.1, 0.15) is 23.0 Å². The van der Waals surface area contributed by atoms with Crippen LogP contribution in [0.3, 0.4) is 0 Å². The van der Waals surface area contributed by atoms with Crippen LogP contribution >= 0.6 is 0 Å². The molecule has 0 bridgehead atoms. The van der Waals surface area contributed by atoms with Gasteiger partial charge in [-0.15, -0.1) is 0 Å². The number of aromatic amines is 1. The number of carbonyl (C=O) groups excluding carboxylic acids is 1. The van der Waals surface area contributed by atoms with Gasteiger partial charge in [0.25, 0.3) is 5.91 Å². The second kappa shape index (κ2) is 8.66. The summed E-state index contributed by atoms with van der Waals surface area (Å²) in [6.07, 6.45) is 1.54. The Labute approximate surface area is 157 Å². The maximum atomic E-state index is 12.2. The Morgan fingerprint density at radius 1 is 1.19 bits per heavy atom. The van der Waals surface area contributed by atoms with Crippen molar-refractivity contribution in [2.75, 3.05) is 13.7 Å². The number of methoxy groups -OCH3 is 1. The molecule has 3 aromatic rings. The summed E-state index contributed by atoms with van der Waals surface area (Å²) in [6, 6.07) is 16.6. The highest BCUT2D eigenvalue weighted by Crippen LogP contribution is 2.22. The number of hydrazone groups is 1. The molecule has 0 fully saturated rings. The number of nitrogens with zero attached hydrogens (tertiary/aromatic N) is 2. The summed E-state index contributed by atoms with van der Waals surface area (Å²) in [4.78, 5) is 12.2. The molecule has 0 atom stereocenters. The lowest BCUT2D eigenvalue weighted by molar-refractivity contribution is 0.0950. The predicted molar refractivity (Wildman–Crippen MR) is 103 cm³/mol. The van der Waals surface area contributed by atoms with E-state index in [2.05, 4.69) is 20.7 Å². The van der Waals surface area contributed by atoms with Crippen molar-refractivity contribution in [3.8, 4) is 22.8 Å². The van der Waals surface area contributed by atoms with Gasteiger partial charge in [0.05, 0.1) is 25.6 Å². The van der Waals surface area contributed by atoms with Gasteiger partial charge < -0.3 is 9.47 Å².